The van der Waals surface area contributed by atoms with Crippen molar-refractivity contribution in [3.8, 4) is 0 Å². The monoisotopic (exact) mass is 246 g/mol. The van der Waals surface area contributed by atoms with E-state index in [0.29, 0.717) is 0 Å². The average Bonchev–Trinajstić information content (AvgIpc) is 2.35. The molecule has 0 radical (unpaired) electrons. The molecule has 0 heterocycles. The highest BCUT2D eigenvalue weighted by molar-refractivity contribution is 5.96. The fourth-order valence-corrected chi connectivity index (χ4v) is 1.29. The maximum atomic E-state index is 11.3. The van der Waals surface area contributed by atoms with E-state index in [9.17, 15) is 9.59 Å². The van der Waals surface area contributed by atoms with E-state index in [0.717, 1.165) is 5.56 Å². The van der Waals surface area contributed by atoms with Crippen molar-refractivity contribution in [1.82, 2.24) is 0 Å². The summed E-state index contributed by atoms with van der Waals surface area (Å²) in [4.78, 5) is 22.6. The van der Waals surface area contributed by atoms with Gasteiger partial charge in [0.25, 0.3) is 0 Å². The zero-order valence-electron chi connectivity index (χ0n) is 10.8. The van der Waals surface area contributed by atoms with Crippen LogP contribution in [0.3, 0.4) is 0 Å². The molecule has 0 unspecified atom stereocenters. The van der Waals surface area contributed by atoms with Crippen LogP contribution in [0.5, 0.6) is 0 Å². The molecule has 0 saturated heterocycles. The standard InChI is InChI=1S/C15H18O3/c1-12(2)14(16)11-15(17)18-10-6-9-13-7-4-3-5-8-13/h3-9,12H,10-11H2,1-2H3/b9-6+. The Labute approximate surface area is 107 Å². The smallest absolute Gasteiger partial charge is 0.313 e. The van der Waals surface area contributed by atoms with E-state index in [1.807, 2.05) is 36.4 Å². The first-order valence-corrected chi connectivity index (χ1v) is 5.99. The van der Waals surface area contributed by atoms with Crippen LogP contribution in [0.2, 0.25) is 0 Å². The number of benzene rings is 1. The third-order valence-corrected chi connectivity index (χ3v) is 2.41. The first kappa shape index (κ1) is 14.2. The van der Waals surface area contributed by atoms with Crippen LogP contribution in [-0.2, 0) is 14.3 Å². The first-order chi connectivity index (χ1) is 8.59. The zero-order chi connectivity index (χ0) is 13.4. The molecule has 3 heteroatoms. The summed E-state index contributed by atoms with van der Waals surface area (Å²) in [7, 11) is 0. The number of hydrogen-bond donors (Lipinski definition) is 0. The van der Waals surface area contributed by atoms with Crippen molar-refractivity contribution in [2.45, 2.75) is 20.3 Å². The van der Waals surface area contributed by atoms with Gasteiger partial charge in [-0.25, -0.2) is 0 Å². The third-order valence-electron chi connectivity index (χ3n) is 2.41. The average molecular weight is 246 g/mol. The normalized spacial score (nSPS) is 10.8. The van der Waals surface area contributed by atoms with Crippen molar-refractivity contribution in [1.29, 1.82) is 0 Å². The second-order valence-corrected chi connectivity index (χ2v) is 4.29. The number of ether oxygens (including phenoxy) is 1. The summed E-state index contributed by atoms with van der Waals surface area (Å²) in [5.74, 6) is -0.684. The van der Waals surface area contributed by atoms with Gasteiger partial charge in [-0.1, -0.05) is 50.3 Å². The van der Waals surface area contributed by atoms with Crippen LogP contribution in [0.15, 0.2) is 36.4 Å². The minimum absolute atomic E-state index is 0.0907. The number of carbonyl (C=O) groups excluding carboxylic acids is 2. The first-order valence-electron chi connectivity index (χ1n) is 5.99. The van der Waals surface area contributed by atoms with Crippen LogP contribution in [0, 0.1) is 5.92 Å². The van der Waals surface area contributed by atoms with Gasteiger partial charge in [-0.05, 0) is 11.6 Å². The van der Waals surface area contributed by atoms with Crippen LogP contribution in [0.25, 0.3) is 6.08 Å². The Balaban J connectivity index is 2.28. The number of Topliss-reactive ketones (excluding diaryl/α,β-unsaturated/α-hetero) is 1. The van der Waals surface area contributed by atoms with Crippen LogP contribution >= 0.6 is 0 Å². The summed E-state index contributed by atoms with van der Waals surface area (Å²) in [5, 5.41) is 0. The Morgan fingerprint density at radius 1 is 1.22 bits per heavy atom. The van der Waals surface area contributed by atoms with Crippen LogP contribution in [0.4, 0.5) is 0 Å². The van der Waals surface area contributed by atoms with E-state index in [-0.39, 0.29) is 24.7 Å². The highest BCUT2D eigenvalue weighted by atomic mass is 16.5. The van der Waals surface area contributed by atoms with Gasteiger partial charge in [0.05, 0.1) is 0 Å². The Bertz CT molecular complexity index is 419. The summed E-state index contributed by atoms with van der Waals surface area (Å²) in [6.45, 7) is 3.73. The molecule has 0 saturated carbocycles. The molecule has 3 nitrogen and oxygen atoms in total. The number of carbonyl (C=O) groups is 2. The Kier molecular flexibility index (Phi) is 5.85. The quantitative estimate of drug-likeness (QED) is 0.572. The molecule has 0 bridgehead atoms. The van der Waals surface area contributed by atoms with Gasteiger partial charge < -0.3 is 4.74 Å². The lowest BCUT2D eigenvalue weighted by Gasteiger charge is -2.03. The van der Waals surface area contributed by atoms with Gasteiger partial charge in [-0.2, -0.15) is 0 Å². The maximum absolute atomic E-state index is 11.3. The number of hydrogen-bond acceptors (Lipinski definition) is 3. The topological polar surface area (TPSA) is 43.4 Å². The molecule has 1 aromatic rings. The van der Waals surface area contributed by atoms with Crippen molar-refractivity contribution in [3.05, 3.63) is 42.0 Å². The van der Waals surface area contributed by atoms with Gasteiger partial charge in [-0.3, -0.25) is 9.59 Å². The lowest BCUT2D eigenvalue weighted by Crippen LogP contribution is -2.15. The predicted octanol–water partition coefficient (Wildman–Crippen LogP) is 2.86. The van der Waals surface area contributed by atoms with Crippen LogP contribution < -0.4 is 0 Å². The lowest BCUT2D eigenvalue weighted by molar-refractivity contribution is -0.145. The van der Waals surface area contributed by atoms with E-state index in [2.05, 4.69) is 0 Å². The molecule has 0 amide bonds. The Morgan fingerprint density at radius 2 is 1.89 bits per heavy atom. The van der Waals surface area contributed by atoms with Gasteiger partial charge in [0.2, 0.25) is 0 Å². The summed E-state index contributed by atoms with van der Waals surface area (Å²) in [6.07, 6.45) is 3.49. The highest BCUT2D eigenvalue weighted by Crippen LogP contribution is 2.02. The highest BCUT2D eigenvalue weighted by Gasteiger charge is 2.13. The molecule has 0 aliphatic carbocycles. The maximum Gasteiger partial charge on any atom is 0.313 e. The summed E-state index contributed by atoms with van der Waals surface area (Å²) in [6, 6.07) is 9.73. The number of esters is 1. The molecule has 0 aliphatic rings. The predicted molar refractivity (Wildman–Crippen MR) is 70.9 cm³/mol. The fraction of sp³-hybridized carbons (Fsp3) is 0.333. The largest absolute Gasteiger partial charge is 0.461 e. The van der Waals surface area contributed by atoms with Gasteiger partial charge in [0.15, 0.2) is 0 Å². The van der Waals surface area contributed by atoms with Crippen LogP contribution in [-0.4, -0.2) is 18.4 Å². The Morgan fingerprint density at radius 3 is 2.50 bits per heavy atom. The zero-order valence-corrected chi connectivity index (χ0v) is 10.8. The van der Waals surface area contributed by atoms with E-state index < -0.39 is 5.97 Å². The summed E-state index contributed by atoms with van der Waals surface area (Å²) < 4.78 is 4.94. The molecular weight excluding hydrogens is 228 g/mol. The van der Waals surface area contributed by atoms with E-state index >= 15 is 0 Å². The van der Waals surface area contributed by atoms with Crippen LogP contribution in [0.1, 0.15) is 25.8 Å². The minimum Gasteiger partial charge on any atom is -0.461 e. The van der Waals surface area contributed by atoms with Gasteiger partial charge in [-0.15, -0.1) is 0 Å². The molecular formula is C15H18O3. The van der Waals surface area contributed by atoms with Crippen molar-refractivity contribution in [2.24, 2.45) is 5.92 Å². The van der Waals surface area contributed by atoms with E-state index in [1.165, 1.54) is 0 Å². The van der Waals surface area contributed by atoms with Gasteiger partial charge in [0, 0.05) is 5.92 Å². The molecule has 0 aromatic heterocycles. The van der Waals surface area contributed by atoms with Gasteiger partial charge in [0.1, 0.15) is 18.8 Å². The number of ketones is 1. The second kappa shape index (κ2) is 7.43. The second-order valence-electron chi connectivity index (χ2n) is 4.29. The molecule has 18 heavy (non-hydrogen) atoms. The van der Waals surface area contributed by atoms with E-state index in [1.54, 1.807) is 19.9 Å². The molecule has 0 atom stereocenters. The van der Waals surface area contributed by atoms with Crippen molar-refractivity contribution in [3.63, 3.8) is 0 Å². The summed E-state index contributed by atoms with van der Waals surface area (Å²) >= 11 is 0. The lowest BCUT2D eigenvalue weighted by atomic mass is 10.1. The molecule has 0 fully saturated rings. The molecule has 1 aromatic carbocycles. The molecule has 0 aliphatic heterocycles. The van der Waals surface area contributed by atoms with Crippen molar-refractivity contribution in [2.75, 3.05) is 6.61 Å². The molecule has 1 rings (SSSR count). The van der Waals surface area contributed by atoms with E-state index in [4.69, 9.17) is 4.74 Å². The van der Waals surface area contributed by atoms with Gasteiger partial charge >= 0.3 is 5.97 Å². The molecule has 0 N–H and O–H groups in total. The molecule has 0 spiro atoms. The minimum atomic E-state index is -0.466. The Hall–Kier alpha value is -1.90. The molecule has 96 valence electrons. The third kappa shape index (κ3) is 5.43. The fourth-order valence-electron chi connectivity index (χ4n) is 1.29. The summed E-state index contributed by atoms with van der Waals surface area (Å²) in [5.41, 5.74) is 1.05. The SMILES string of the molecule is CC(C)C(=O)CC(=O)OC/C=C/c1ccccc1. The number of rotatable bonds is 6. The van der Waals surface area contributed by atoms with Crippen molar-refractivity contribution < 1.29 is 14.3 Å². The van der Waals surface area contributed by atoms with Crippen molar-refractivity contribution >= 4 is 17.8 Å².